The number of nitrogens with zero attached hydrogens (tertiary/aromatic N) is 2. The van der Waals surface area contributed by atoms with Crippen molar-refractivity contribution >= 4 is 5.91 Å². The van der Waals surface area contributed by atoms with Gasteiger partial charge in [-0.1, -0.05) is 130 Å². The van der Waals surface area contributed by atoms with E-state index in [1.807, 2.05) is 0 Å². The first-order valence-electron chi connectivity index (χ1n) is 18.3. The number of unbranched alkanes of at least 4 members (excludes halogenated alkanes) is 12. The van der Waals surface area contributed by atoms with E-state index in [2.05, 4.69) is 42.8 Å². The van der Waals surface area contributed by atoms with Gasteiger partial charge < -0.3 is 15.1 Å². The Labute approximate surface area is 251 Å². The topological polar surface area (TPSA) is 35.6 Å². The van der Waals surface area contributed by atoms with E-state index in [4.69, 9.17) is 0 Å². The summed E-state index contributed by atoms with van der Waals surface area (Å²) in [7, 11) is 0. The van der Waals surface area contributed by atoms with Crippen LogP contribution in [-0.2, 0) is 4.79 Å². The molecule has 0 aromatic carbocycles. The van der Waals surface area contributed by atoms with Crippen molar-refractivity contribution in [3.63, 3.8) is 0 Å². The maximum atomic E-state index is 13.1. The van der Waals surface area contributed by atoms with Crippen molar-refractivity contribution in [2.24, 2.45) is 11.3 Å². The van der Waals surface area contributed by atoms with Gasteiger partial charge in [-0.25, -0.2) is 0 Å². The summed E-state index contributed by atoms with van der Waals surface area (Å²) in [6, 6.07) is 0.521. The van der Waals surface area contributed by atoms with Crippen LogP contribution in [0, 0.1) is 11.3 Å². The van der Waals surface area contributed by atoms with E-state index >= 15 is 0 Å². The van der Waals surface area contributed by atoms with Crippen LogP contribution in [0.4, 0.5) is 0 Å². The Hall–Kier alpha value is -0.610. The lowest BCUT2D eigenvalue weighted by molar-refractivity contribution is -0.146. The number of nitrogens with one attached hydrogen (secondary N) is 1. The molecule has 1 atom stereocenters. The monoisotopic (exact) mass is 562 g/mol. The Morgan fingerprint density at radius 2 is 1.10 bits per heavy atom. The Balaban J connectivity index is 1.69. The molecule has 2 saturated heterocycles. The minimum absolute atomic E-state index is 0.346. The van der Waals surface area contributed by atoms with Gasteiger partial charge in [0.25, 0.3) is 0 Å². The summed E-state index contributed by atoms with van der Waals surface area (Å²) < 4.78 is 0. The highest BCUT2D eigenvalue weighted by Gasteiger charge is 2.46. The number of carbonyl (C=O) groups is 1. The summed E-state index contributed by atoms with van der Waals surface area (Å²) >= 11 is 0. The van der Waals surface area contributed by atoms with Crippen molar-refractivity contribution in [2.75, 3.05) is 39.3 Å². The Morgan fingerprint density at radius 3 is 1.65 bits per heavy atom. The highest BCUT2D eigenvalue weighted by atomic mass is 16.2. The fourth-order valence-electron chi connectivity index (χ4n) is 7.20. The van der Waals surface area contributed by atoms with E-state index < -0.39 is 0 Å². The maximum Gasteiger partial charge on any atom is 0.236 e. The van der Waals surface area contributed by atoms with Crippen molar-refractivity contribution in [3.05, 3.63) is 0 Å². The number of hydrogen-bond acceptors (Lipinski definition) is 3. The molecule has 0 aromatic heterocycles. The number of rotatable bonds is 25. The molecule has 2 fully saturated rings. The van der Waals surface area contributed by atoms with Crippen LogP contribution in [0.3, 0.4) is 0 Å². The molecule has 1 spiro atoms. The largest absolute Gasteiger partial charge is 0.340 e. The first-order valence-corrected chi connectivity index (χ1v) is 18.3. The first-order chi connectivity index (χ1) is 19.6. The first kappa shape index (κ1) is 35.6. The Bertz CT molecular complexity index is 595. The highest BCUT2D eigenvalue weighted by Crippen LogP contribution is 2.40. The fourth-order valence-corrected chi connectivity index (χ4v) is 7.20. The molecule has 40 heavy (non-hydrogen) atoms. The molecule has 0 saturated carbocycles. The van der Waals surface area contributed by atoms with E-state index in [0.717, 1.165) is 19.0 Å². The summed E-state index contributed by atoms with van der Waals surface area (Å²) in [6.45, 7) is 15.6. The fraction of sp³-hybridized carbons (Fsp3) is 0.972. The molecule has 4 heteroatoms. The average Bonchev–Trinajstić information content (AvgIpc) is 2.94. The molecule has 1 amide bonds. The molecule has 236 valence electrons. The molecule has 1 unspecified atom stereocenters. The van der Waals surface area contributed by atoms with Crippen LogP contribution in [-0.4, -0.2) is 61.0 Å². The summed E-state index contributed by atoms with van der Waals surface area (Å²) in [5.41, 5.74) is 0.420. The lowest BCUT2D eigenvalue weighted by atomic mass is 9.71. The second-order valence-corrected chi connectivity index (χ2v) is 13.9. The molecule has 2 aliphatic rings. The lowest BCUT2D eigenvalue weighted by Gasteiger charge is -2.54. The van der Waals surface area contributed by atoms with Crippen LogP contribution in [0.2, 0.25) is 0 Å². The van der Waals surface area contributed by atoms with Crippen LogP contribution in [0.5, 0.6) is 0 Å². The van der Waals surface area contributed by atoms with E-state index in [-0.39, 0.29) is 0 Å². The van der Waals surface area contributed by atoms with Gasteiger partial charge in [0.15, 0.2) is 0 Å². The zero-order valence-corrected chi connectivity index (χ0v) is 27.8. The maximum absolute atomic E-state index is 13.1. The van der Waals surface area contributed by atoms with E-state index in [1.165, 1.54) is 161 Å². The van der Waals surface area contributed by atoms with Gasteiger partial charge in [0.2, 0.25) is 5.91 Å². The van der Waals surface area contributed by atoms with Gasteiger partial charge in [-0.3, -0.25) is 4.79 Å². The molecular formula is C36H71N3O. The summed E-state index contributed by atoms with van der Waals surface area (Å²) in [5, 5.41) is 3.69. The van der Waals surface area contributed by atoms with Crippen LogP contribution in [0.15, 0.2) is 0 Å². The van der Waals surface area contributed by atoms with Crippen molar-refractivity contribution in [2.45, 2.75) is 175 Å². The second-order valence-electron chi connectivity index (χ2n) is 13.9. The van der Waals surface area contributed by atoms with Crippen molar-refractivity contribution in [1.29, 1.82) is 0 Å². The minimum atomic E-state index is 0.346. The predicted octanol–water partition coefficient (Wildman–Crippen LogP) is 9.37. The molecule has 1 N–H and O–H groups in total. The molecule has 0 aromatic rings. The molecule has 0 radical (unpaired) electrons. The van der Waals surface area contributed by atoms with Crippen LogP contribution < -0.4 is 5.32 Å². The normalized spacial score (nSPS) is 18.0. The highest BCUT2D eigenvalue weighted by molar-refractivity contribution is 5.79. The van der Waals surface area contributed by atoms with E-state index in [9.17, 15) is 4.79 Å². The molecule has 4 nitrogen and oxygen atoms in total. The number of amides is 1. The minimum Gasteiger partial charge on any atom is -0.340 e. The number of carbonyl (C=O) groups excluding carboxylic acids is 1. The smallest absolute Gasteiger partial charge is 0.236 e. The average molecular weight is 562 g/mol. The second kappa shape index (κ2) is 22.0. The number of piperidine rings is 1. The van der Waals surface area contributed by atoms with E-state index in [1.54, 1.807) is 0 Å². The molecule has 2 rings (SSSR count). The Kier molecular flexibility index (Phi) is 19.6. The number of hydrogen-bond donors (Lipinski definition) is 1. The van der Waals surface area contributed by atoms with Crippen molar-refractivity contribution < 1.29 is 4.79 Å². The zero-order chi connectivity index (χ0) is 28.9. The van der Waals surface area contributed by atoms with Gasteiger partial charge in [-0.2, -0.15) is 0 Å². The third-order valence-corrected chi connectivity index (χ3v) is 10.1. The van der Waals surface area contributed by atoms with E-state index in [0.29, 0.717) is 23.9 Å². The predicted molar refractivity (Wildman–Crippen MR) is 175 cm³/mol. The van der Waals surface area contributed by atoms with Gasteiger partial charge >= 0.3 is 0 Å². The summed E-state index contributed by atoms with van der Waals surface area (Å²) in [5.74, 6) is 1.24. The summed E-state index contributed by atoms with van der Waals surface area (Å²) in [6.07, 6.45) is 29.6. The Morgan fingerprint density at radius 1 is 0.650 bits per heavy atom. The molecule has 0 bridgehead atoms. The molecular weight excluding hydrogens is 490 g/mol. The van der Waals surface area contributed by atoms with Gasteiger partial charge in [0, 0.05) is 31.1 Å². The van der Waals surface area contributed by atoms with Crippen LogP contribution in [0.1, 0.15) is 169 Å². The lowest BCUT2D eigenvalue weighted by Crippen LogP contribution is -2.63. The third kappa shape index (κ3) is 14.5. The van der Waals surface area contributed by atoms with Gasteiger partial charge in [-0.05, 0) is 57.5 Å². The van der Waals surface area contributed by atoms with Gasteiger partial charge in [-0.15, -0.1) is 0 Å². The van der Waals surface area contributed by atoms with Gasteiger partial charge in [0.05, 0.1) is 6.54 Å². The molecule has 2 aliphatic heterocycles. The van der Waals surface area contributed by atoms with Crippen molar-refractivity contribution in [1.82, 2.24) is 15.1 Å². The van der Waals surface area contributed by atoms with Crippen LogP contribution in [0.25, 0.3) is 0 Å². The van der Waals surface area contributed by atoms with Crippen molar-refractivity contribution in [3.8, 4) is 0 Å². The molecule has 0 aliphatic carbocycles. The third-order valence-electron chi connectivity index (χ3n) is 10.1. The zero-order valence-electron chi connectivity index (χ0n) is 27.8. The quantitative estimate of drug-likeness (QED) is 0.113. The molecule has 2 heterocycles. The summed E-state index contributed by atoms with van der Waals surface area (Å²) in [4.78, 5) is 18.0. The van der Waals surface area contributed by atoms with Gasteiger partial charge in [0.1, 0.15) is 0 Å². The number of likely N-dealkylation sites (tertiary alicyclic amines) is 2. The van der Waals surface area contributed by atoms with Crippen LogP contribution >= 0.6 is 0 Å². The SMILES string of the molecule is CCCCCCCC(CCCCC)NCC(=O)N1CC2(CCN(CC(CCCCCC)CCCCCC)CC2)C1. The standard InChI is InChI=1S/C36H71N3O/c1-5-9-13-16-20-24-34(23-17-12-8-4)37-29-35(40)39-31-36(32-39)25-27-38(28-26-36)30-33(21-18-14-10-6-2)22-19-15-11-7-3/h33-34,37H,5-32H2,1-4H3.